The van der Waals surface area contributed by atoms with Crippen LogP contribution in [0.3, 0.4) is 0 Å². The third kappa shape index (κ3) is 3.81. The number of benzene rings is 1. The molecule has 0 saturated heterocycles. The van der Waals surface area contributed by atoms with E-state index in [2.05, 4.69) is 40.3 Å². The molecule has 3 heteroatoms. The first-order chi connectivity index (χ1) is 10.3. The minimum atomic E-state index is 0.689. The first-order valence-corrected chi connectivity index (χ1v) is 9.23. The lowest BCUT2D eigenvalue weighted by atomic mass is 9.83. The maximum absolute atomic E-state index is 5.81. The Morgan fingerprint density at radius 1 is 1.24 bits per heavy atom. The summed E-state index contributed by atoms with van der Waals surface area (Å²) in [5.41, 5.74) is 2.67. The highest BCUT2D eigenvalue weighted by atomic mass is 79.9. The molecule has 1 aromatic carbocycles. The van der Waals surface area contributed by atoms with Crippen molar-refractivity contribution < 1.29 is 4.74 Å². The molecule has 0 unspecified atom stereocenters. The van der Waals surface area contributed by atoms with E-state index in [9.17, 15) is 0 Å². The van der Waals surface area contributed by atoms with E-state index in [4.69, 9.17) is 4.74 Å². The van der Waals surface area contributed by atoms with Crippen LogP contribution in [0.15, 0.2) is 16.6 Å². The molecule has 2 nitrogen and oxygen atoms in total. The summed E-state index contributed by atoms with van der Waals surface area (Å²) in [4.78, 5) is 0. The average molecular weight is 352 g/mol. The fraction of sp³-hybridized carbons (Fsp3) is 0.667. The van der Waals surface area contributed by atoms with Gasteiger partial charge in [-0.25, -0.2) is 0 Å². The van der Waals surface area contributed by atoms with Gasteiger partial charge in [-0.2, -0.15) is 0 Å². The second-order valence-electron chi connectivity index (χ2n) is 6.54. The maximum atomic E-state index is 5.81. The molecule has 3 rings (SSSR count). The van der Waals surface area contributed by atoms with Gasteiger partial charge in [-0.15, -0.1) is 0 Å². The normalized spacial score (nSPS) is 24.7. The van der Waals surface area contributed by atoms with Crippen molar-refractivity contribution in [2.45, 2.75) is 64.5 Å². The molecule has 0 atom stereocenters. The molecule has 1 aliphatic heterocycles. The van der Waals surface area contributed by atoms with E-state index in [1.165, 1.54) is 54.1 Å². The van der Waals surface area contributed by atoms with Crippen LogP contribution in [0.1, 0.15) is 56.6 Å². The van der Waals surface area contributed by atoms with Crippen molar-refractivity contribution in [1.82, 2.24) is 5.32 Å². The standard InChI is InChI=1S/C18H26BrNO/c1-2-3-13-4-6-17(7-5-13)20-12-15-11-16(19)10-14-8-9-21-18(14)15/h10-11,13,17,20H,2-9,12H2,1H3. The van der Waals surface area contributed by atoms with Gasteiger partial charge in [0.25, 0.3) is 0 Å². The number of halogens is 1. The van der Waals surface area contributed by atoms with Crippen molar-refractivity contribution in [3.63, 3.8) is 0 Å². The molecule has 21 heavy (non-hydrogen) atoms. The van der Waals surface area contributed by atoms with Crippen LogP contribution < -0.4 is 10.1 Å². The fourth-order valence-corrected chi connectivity index (χ4v) is 4.35. The van der Waals surface area contributed by atoms with Crippen LogP contribution in [-0.4, -0.2) is 12.6 Å². The molecule has 0 bridgehead atoms. The summed E-state index contributed by atoms with van der Waals surface area (Å²) in [6, 6.07) is 5.09. The summed E-state index contributed by atoms with van der Waals surface area (Å²) in [5.74, 6) is 2.11. The van der Waals surface area contributed by atoms with Crippen LogP contribution in [0.25, 0.3) is 0 Å². The van der Waals surface area contributed by atoms with Crippen LogP contribution >= 0.6 is 15.9 Å². The molecule has 1 N–H and O–H groups in total. The third-order valence-corrected chi connectivity index (χ3v) is 5.41. The van der Waals surface area contributed by atoms with Crippen LogP contribution in [0.4, 0.5) is 0 Å². The van der Waals surface area contributed by atoms with E-state index in [0.717, 1.165) is 31.2 Å². The topological polar surface area (TPSA) is 21.3 Å². The molecule has 1 aliphatic carbocycles. The zero-order chi connectivity index (χ0) is 14.7. The lowest BCUT2D eigenvalue weighted by Crippen LogP contribution is -2.32. The van der Waals surface area contributed by atoms with Gasteiger partial charge in [0.15, 0.2) is 0 Å². The zero-order valence-electron chi connectivity index (χ0n) is 13.0. The highest BCUT2D eigenvalue weighted by Crippen LogP contribution is 2.33. The van der Waals surface area contributed by atoms with Crippen molar-refractivity contribution in [2.75, 3.05) is 6.61 Å². The summed E-state index contributed by atoms with van der Waals surface area (Å²) in [6.45, 7) is 4.07. The summed E-state index contributed by atoms with van der Waals surface area (Å²) in [6.07, 6.45) is 9.27. The Morgan fingerprint density at radius 2 is 2.05 bits per heavy atom. The van der Waals surface area contributed by atoms with Crippen molar-refractivity contribution in [1.29, 1.82) is 0 Å². The van der Waals surface area contributed by atoms with Crippen LogP contribution in [-0.2, 0) is 13.0 Å². The van der Waals surface area contributed by atoms with Crippen molar-refractivity contribution in [2.24, 2.45) is 5.92 Å². The Balaban J connectivity index is 1.54. The first kappa shape index (κ1) is 15.4. The Kier molecular flexibility index (Phi) is 5.23. The molecule has 1 aromatic rings. The largest absolute Gasteiger partial charge is 0.493 e. The summed E-state index contributed by atoms with van der Waals surface area (Å²) in [7, 11) is 0. The lowest BCUT2D eigenvalue weighted by molar-refractivity contribution is 0.276. The number of ether oxygens (including phenoxy) is 1. The third-order valence-electron chi connectivity index (χ3n) is 4.95. The minimum absolute atomic E-state index is 0.689. The van der Waals surface area contributed by atoms with Gasteiger partial charge in [0.1, 0.15) is 5.75 Å². The number of hydrogen-bond acceptors (Lipinski definition) is 2. The van der Waals surface area contributed by atoms with Crippen LogP contribution in [0.2, 0.25) is 0 Å². The molecule has 116 valence electrons. The van der Waals surface area contributed by atoms with E-state index in [0.29, 0.717) is 6.04 Å². The summed E-state index contributed by atoms with van der Waals surface area (Å²) >= 11 is 3.62. The predicted octanol–water partition coefficient (Wildman–Crippen LogP) is 4.83. The van der Waals surface area contributed by atoms with Gasteiger partial charge in [-0.05, 0) is 49.3 Å². The molecule has 1 saturated carbocycles. The van der Waals surface area contributed by atoms with Gasteiger partial charge >= 0.3 is 0 Å². The van der Waals surface area contributed by atoms with Gasteiger partial charge in [0, 0.05) is 29.0 Å². The van der Waals surface area contributed by atoms with E-state index < -0.39 is 0 Å². The van der Waals surface area contributed by atoms with Gasteiger partial charge in [-0.3, -0.25) is 0 Å². The number of hydrogen-bond donors (Lipinski definition) is 1. The highest BCUT2D eigenvalue weighted by Gasteiger charge is 2.22. The lowest BCUT2D eigenvalue weighted by Gasteiger charge is -2.29. The van der Waals surface area contributed by atoms with E-state index in [-0.39, 0.29) is 0 Å². The molecule has 2 aliphatic rings. The summed E-state index contributed by atoms with van der Waals surface area (Å²) in [5, 5.41) is 3.76. The fourth-order valence-electron chi connectivity index (χ4n) is 3.80. The molecule has 1 heterocycles. The molecule has 0 radical (unpaired) electrons. The summed E-state index contributed by atoms with van der Waals surface area (Å²) < 4.78 is 6.99. The van der Waals surface area contributed by atoms with Gasteiger partial charge in [-0.1, -0.05) is 35.7 Å². The quantitative estimate of drug-likeness (QED) is 0.819. The van der Waals surface area contributed by atoms with Crippen molar-refractivity contribution in [3.05, 3.63) is 27.7 Å². The molecule has 0 amide bonds. The van der Waals surface area contributed by atoms with Gasteiger partial charge in [0.05, 0.1) is 6.61 Å². The number of nitrogens with one attached hydrogen (secondary N) is 1. The monoisotopic (exact) mass is 351 g/mol. The second-order valence-corrected chi connectivity index (χ2v) is 7.45. The average Bonchev–Trinajstić information content (AvgIpc) is 2.94. The highest BCUT2D eigenvalue weighted by molar-refractivity contribution is 9.10. The number of rotatable bonds is 5. The molecule has 0 aromatic heterocycles. The zero-order valence-corrected chi connectivity index (χ0v) is 14.5. The van der Waals surface area contributed by atoms with E-state index in [1.807, 2.05) is 0 Å². The SMILES string of the molecule is CCCC1CCC(NCc2cc(Br)cc3c2OCC3)CC1. The van der Waals surface area contributed by atoms with Crippen molar-refractivity contribution >= 4 is 15.9 Å². The molecular weight excluding hydrogens is 326 g/mol. The van der Waals surface area contributed by atoms with Crippen LogP contribution in [0.5, 0.6) is 5.75 Å². The predicted molar refractivity (Wildman–Crippen MR) is 90.8 cm³/mol. The molecule has 0 spiro atoms. The second kappa shape index (κ2) is 7.15. The van der Waals surface area contributed by atoms with Crippen LogP contribution in [0, 0.1) is 5.92 Å². The molecule has 1 fully saturated rings. The van der Waals surface area contributed by atoms with Crippen molar-refractivity contribution in [3.8, 4) is 5.75 Å². The van der Waals surface area contributed by atoms with Gasteiger partial charge in [0.2, 0.25) is 0 Å². The Labute approximate surface area is 136 Å². The number of fused-ring (bicyclic) bond motifs is 1. The Hall–Kier alpha value is -0.540. The van der Waals surface area contributed by atoms with E-state index >= 15 is 0 Å². The minimum Gasteiger partial charge on any atom is -0.493 e. The Morgan fingerprint density at radius 3 is 2.81 bits per heavy atom. The van der Waals surface area contributed by atoms with Gasteiger partial charge < -0.3 is 10.1 Å². The maximum Gasteiger partial charge on any atom is 0.127 e. The van der Waals surface area contributed by atoms with E-state index in [1.54, 1.807) is 0 Å². The smallest absolute Gasteiger partial charge is 0.127 e. The molecular formula is C18H26BrNO. The Bertz CT molecular complexity index is 480. The first-order valence-electron chi connectivity index (χ1n) is 8.43.